The molecule has 1 N–H and O–H groups in total. The fourth-order valence-electron chi connectivity index (χ4n) is 2.55. The molecule has 1 amide bonds. The number of benzene rings is 1. The third-order valence-electron chi connectivity index (χ3n) is 4.09. The van der Waals surface area contributed by atoms with E-state index in [0.29, 0.717) is 31.7 Å². The first kappa shape index (κ1) is 20.1. The normalized spacial score (nSPS) is 11.5. The molecule has 140 valence electrons. The van der Waals surface area contributed by atoms with Crippen molar-refractivity contribution >= 4 is 21.7 Å². The average molecular weight is 375 g/mol. The maximum Gasteiger partial charge on any atom is 0.243 e. The van der Waals surface area contributed by atoms with Crippen molar-refractivity contribution in [3.8, 4) is 0 Å². The number of hydrogen-bond acceptors (Lipinski definition) is 4. The number of aromatic nitrogens is 1. The second kappa shape index (κ2) is 8.91. The molecule has 0 spiro atoms. The second-order valence-corrected chi connectivity index (χ2v) is 7.94. The lowest BCUT2D eigenvalue weighted by molar-refractivity contribution is -0.116. The van der Waals surface area contributed by atoms with Crippen molar-refractivity contribution in [2.24, 2.45) is 0 Å². The fraction of sp³-hybridized carbons (Fsp3) is 0.368. The Labute approximate surface area is 155 Å². The quantitative estimate of drug-likeness (QED) is 0.769. The highest BCUT2D eigenvalue weighted by Gasteiger charge is 2.21. The molecule has 6 nitrogen and oxygen atoms in total. The van der Waals surface area contributed by atoms with Gasteiger partial charge in [-0.1, -0.05) is 32.0 Å². The molecule has 0 saturated heterocycles. The smallest absolute Gasteiger partial charge is 0.243 e. The number of hydrogen-bond donors (Lipinski definition) is 1. The van der Waals surface area contributed by atoms with Gasteiger partial charge >= 0.3 is 0 Å². The molecule has 1 aromatic carbocycles. The Kier molecular flexibility index (Phi) is 6.88. The first-order chi connectivity index (χ1) is 12.4. The van der Waals surface area contributed by atoms with Crippen LogP contribution in [0.2, 0.25) is 0 Å². The molecular formula is C19H25N3O3S. The number of pyridine rings is 1. The lowest BCUT2D eigenvalue weighted by atomic mass is 10.1. The van der Waals surface area contributed by atoms with E-state index in [0.717, 1.165) is 11.1 Å². The predicted octanol–water partition coefficient (Wildman–Crippen LogP) is 2.99. The summed E-state index contributed by atoms with van der Waals surface area (Å²) in [5, 5.41) is 2.75. The van der Waals surface area contributed by atoms with Gasteiger partial charge in [0.25, 0.3) is 0 Å². The van der Waals surface area contributed by atoms with Crippen LogP contribution in [0, 0.1) is 6.92 Å². The monoisotopic (exact) mass is 375 g/mol. The molecule has 0 aliphatic rings. The van der Waals surface area contributed by atoms with Crippen molar-refractivity contribution in [1.29, 1.82) is 0 Å². The summed E-state index contributed by atoms with van der Waals surface area (Å²) in [7, 11) is -3.45. The minimum Gasteiger partial charge on any atom is -0.311 e. The molecule has 7 heteroatoms. The lowest BCUT2D eigenvalue weighted by Gasteiger charge is -2.18. The van der Waals surface area contributed by atoms with Crippen molar-refractivity contribution in [1.82, 2.24) is 9.29 Å². The Hall–Kier alpha value is -2.25. The largest absolute Gasteiger partial charge is 0.311 e. The van der Waals surface area contributed by atoms with Crippen LogP contribution in [-0.4, -0.2) is 36.7 Å². The highest BCUT2D eigenvalue weighted by molar-refractivity contribution is 7.89. The highest BCUT2D eigenvalue weighted by Crippen LogP contribution is 2.17. The standard InChI is InChI=1S/C19H25N3O3S/c1-4-22(5-2)26(24,25)17-10-7-16(8-11-17)9-13-19(23)21-18-12-6-15(3)14-20-18/h6-8,10-12,14H,4-5,9,13H2,1-3H3,(H,20,21,23). The summed E-state index contributed by atoms with van der Waals surface area (Å²) in [5.74, 6) is 0.405. The van der Waals surface area contributed by atoms with E-state index < -0.39 is 10.0 Å². The molecule has 26 heavy (non-hydrogen) atoms. The van der Waals surface area contributed by atoms with Crippen molar-refractivity contribution in [2.75, 3.05) is 18.4 Å². The summed E-state index contributed by atoms with van der Waals surface area (Å²) in [6.07, 6.45) is 2.53. The maximum atomic E-state index is 12.5. The predicted molar refractivity (Wildman–Crippen MR) is 102 cm³/mol. The number of nitrogens with zero attached hydrogens (tertiary/aromatic N) is 2. The molecule has 0 saturated carbocycles. The van der Waals surface area contributed by atoms with Crippen LogP contribution in [0.15, 0.2) is 47.5 Å². The number of sulfonamides is 1. The summed E-state index contributed by atoms with van der Waals surface area (Å²) in [6, 6.07) is 10.4. The van der Waals surface area contributed by atoms with Gasteiger partial charge in [0.1, 0.15) is 5.82 Å². The second-order valence-electron chi connectivity index (χ2n) is 6.00. The van der Waals surface area contributed by atoms with Crippen molar-refractivity contribution in [3.05, 3.63) is 53.7 Å². The third-order valence-corrected chi connectivity index (χ3v) is 6.15. The van der Waals surface area contributed by atoms with E-state index in [9.17, 15) is 13.2 Å². The summed E-state index contributed by atoms with van der Waals surface area (Å²) >= 11 is 0. The third kappa shape index (κ3) is 5.12. The minimum atomic E-state index is -3.45. The minimum absolute atomic E-state index is 0.124. The summed E-state index contributed by atoms with van der Waals surface area (Å²) in [5.41, 5.74) is 1.94. The summed E-state index contributed by atoms with van der Waals surface area (Å²) in [6.45, 7) is 6.44. The molecule has 0 unspecified atom stereocenters. The zero-order chi connectivity index (χ0) is 19.2. The van der Waals surface area contributed by atoms with Crippen LogP contribution in [0.3, 0.4) is 0 Å². The van der Waals surface area contributed by atoms with E-state index in [1.807, 2.05) is 26.8 Å². The van der Waals surface area contributed by atoms with Crippen molar-refractivity contribution in [2.45, 2.75) is 38.5 Å². The highest BCUT2D eigenvalue weighted by atomic mass is 32.2. The van der Waals surface area contributed by atoms with Crippen molar-refractivity contribution < 1.29 is 13.2 Å². The number of carbonyl (C=O) groups is 1. The van der Waals surface area contributed by atoms with Gasteiger partial charge in [-0.3, -0.25) is 4.79 Å². The molecule has 1 heterocycles. The summed E-state index contributed by atoms with van der Waals surface area (Å²) in [4.78, 5) is 16.4. The molecule has 0 atom stereocenters. The van der Waals surface area contributed by atoms with Crippen LogP contribution in [0.25, 0.3) is 0 Å². The van der Waals surface area contributed by atoms with E-state index >= 15 is 0 Å². The van der Waals surface area contributed by atoms with Crippen LogP contribution in [-0.2, 0) is 21.2 Å². The van der Waals surface area contributed by atoms with Crippen LogP contribution < -0.4 is 5.32 Å². The number of aryl methyl sites for hydroxylation is 2. The average Bonchev–Trinajstić information content (AvgIpc) is 2.63. The van der Waals surface area contributed by atoms with Gasteiger partial charge in [0.15, 0.2) is 0 Å². The number of amides is 1. The molecule has 0 radical (unpaired) electrons. The zero-order valence-corrected chi connectivity index (χ0v) is 16.2. The van der Waals surface area contributed by atoms with Crippen molar-refractivity contribution in [3.63, 3.8) is 0 Å². The topological polar surface area (TPSA) is 79.4 Å². The summed E-state index contributed by atoms with van der Waals surface area (Å²) < 4.78 is 26.3. The van der Waals surface area contributed by atoms with Crippen LogP contribution in [0.5, 0.6) is 0 Å². The number of anilines is 1. The Morgan fingerprint density at radius 1 is 1.08 bits per heavy atom. The van der Waals surface area contributed by atoms with Gasteiger partial charge in [0, 0.05) is 25.7 Å². The van der Waals surface area contributed by atoms with E-state index in [1.165, 1.54) is 4.31 Å². The van der Waals surface area contributed by atoms with Crippen LogP contribution in [0.1, 0.15) is 31.4 Å². The van der Waals surface area contributed by atoms with Gasteiger partial charge in [0.05, 0.1) is 4.90 Å². The molecule has 2 aromatic rings. The number of rotatable bonds is 8. The van der Waals surface area contributed by atoms with Gasteiger partial charge in [-0.2, -0.15) is 4.31 Å². The molecule has 0 aliphatic carbocycles. The molecular weight excluding hydrogens is 350 g/mol. The SMILES string of the molecule is CCN(CC)S(=O)(=O)c1ccc(CCC(=O)Nc2ccc(C)cn2)cc1. The van der Waals surface area contributed by atoms with Crippen LogP contribution >= 0.6 is 0 Å². The van der Waals surface area contributed by atoms with Gasteiger partial charge < -0.3 is 5.32 Å². The first-order valence-corrected chi connectivity index (χ1v) is 10.1. The Morgan fingerprint density at radius 3 is 2.27 bits per heavy atom. The lowest BCUT2D eigenvalue weighted by Crippen LogP contribution is -2.30. The Balaban J connectivity index is 1.94. The van der Waals surface area contributed by atoms with E-state index in [1.54, 1.807) is 36.5 Å². The van der Waals surface area contributed by atoms with Gasteiger partial charge in [-0.25, -0.2) is 13.4 Å². The van der Waals surface area contributed by atoms with E-state index in [-0.39, 0.29) is 10.8 Å². The van der Waals surface area contributed by atoms with Gasteiger partial charge in [-0.05, 0) is 42.7 Å². The molecule has 0 bridgehead atoms. The first-order valence-electron chi connectivity index (χ1n) is 8.68. The van der Waals surface area contributed by atoms with Crippen LogP contribution in [0.4, 0.5) is 5.82 Å². The zero-order valence-electron chi connectivity index (χ0n) is 15.4. The maximum absolute atomic E-state index is 12.5. The van der Waals surface area contributed by atoms with E-state index in [4.69, 9.17) is 0 Å². The Bertz CT molecular complexity index is 827. The number of carbonyl (C=O) groups excluding carboxylic acids is 1. The molecule has 2 rings (SSSR count). The fourth-order valence-corrected chi connectivity index (χ4v) is 4.00. The van der Waals surface area contributed by atoms with Gasteiger partial charge in [-0.15, -0.1) is 0 Å². The molecule has 1 aromatic heterocycles. The Morgan fingerprint density at radius 2 is 1.73 bits per heavy atom. The molecule has 0 fully saturated rings. The molecule has 0 aliphatic heterocycles. The van der Waals surface area contributed by atoms with Gasteiger partial charge in [0.2, 0.25) is 15.9 Å². The number of nitrogens with one attached hydrogen (secondary N) is 1. The van der Waals surface area contributed by atoms with E-state index in [2.05, 4.69) is 10.3 Å².